The second-order valence-corrected chi connectivity index (χ2v) is 7.45. The molecule has 0 radical (unpaired) electrons. The number of anilines is 1. The summed E-state index contributed by atoms with van der Waals surface area (Å²) in [4.78, 5) is 19.5. The monoisotopic (exact) mass is 381 g/mol. The number of rotatable bonds is 4. The van der Waals surface area contributed by atoms with E-state index in [0.29, 0.717) is 18.0 Å². The molecule has 1 saturated heterocycles. The average molecular weight is 381 g/mol. The smallest absolute Gasteiger partial charge is 0.265 e. The highest BCUT2D eigenvalue weighted by atomic mass is 16.6. The van der Waals surface area contributed by atoms with E-state index < -0.39 is 6.10 Å². The molecule has 0 spiro atoms. The van der Waals surface area contributed by atoms with E-state index in [0.717, 1.165) is 24.5 Å². The third-order valence-electron chi connectivity index (χ3n) is 5.31. The number of ether oxygens (including phenoxy) is 2. The predicted molar refractivity (Wildman–Crippen MR) is 108 cm³/mol. The average Bonchev–Trinajstić information content (AvgIpc) is 3.01. The van der Waals surface area contributed by atoms with Gasteiger partial charge in [-0.15, -0.1) is 0 Å². The fourth-order valence-corrected chi connectivity index (χ4v) is 3.70. The summed E-state index contributed by atoms with van der Waals surface area (Å²) >= 11 is 0. The van der Waals surface area contributed by atoms with Crippen molar-refractivity contribution in [2.75, 3.05) is 18.0 Å². The van der Waals surface area contributed by atoms with Crippen LogP contribution in [0.1, 0.15) is 38.2 Å². The third-order valence-corrected chi connectivity index (χ3v) is 5.31. The number of aromatic nitrogens is 1. The van der Waals surface area contributed by atoms with Gasteiger partial charge >= 0.3 is 0 Å². The Morgan fingerprint density at radius 3 is 2.46 bits per heavy atom. The number of carbonyl (C=O) groups is 1. The Morgan fingerprint density at radius 1 is 1.07 bits per heavy atom. The minimum atomic E-state index is -0.667. The van der Waals surface area contributed by atoms with Crippen molar-refractivity contribution in [1.29, 1.82) is 0 Å². The van der Waals surface area contributed by atoms with Crippen LogP contribution >= 0.6 is 0 Å². The van der Waals surface area contributed by atoms with Gasteiger partial charge in [-0.2, -0.15) is 0 Å². The van der Waals surface area contributed by atoms with Gasteiger partial charge in [0.05, 0.1) is 0 Å². The SMILES string of the molecule is C[C@@H]1Oc2ccccc2O[C@H]1C(=O)NCc1ccc(N2CCCCCC2)nc1. The van der Waals surface area contributed by atoms with Crippen LogP contribution in [-0.4, -0.2) is 36.2 Å². The summed E-state index contributed by atoms with van der Waals surface area (Å²) in [5.74, 6) is 2.11. The van der Waals surface area contributed by atoms with Gasteiger partial charge in [0.2, 0.25) is 6.10 Å². The Bertz CT molecular complexity index is 801. The van der Waals surface area contributed by atoms with Crippen molar-refractivity contribution < 1.29 is 14.3 Å². The standard InChI is InChI=1S/C22H27N3O3/c1-16-21(28-19-9-5-4-8-18(19)27-16)22(26)24-15-17-10-11-20(23-14-17)25-12-6-2-3-7-13-25/h4-5,8-11,14,16,21H,2-3,6-7,12-13,15H2,1H3,(H,24,26)/t16-,21+/m0/s1. The van der Waals surface area contributed by atoms with E-state index in [9.17, 15) is 4.79 Å². The van der Waals surface area contributed by atoms with Crippen molar-refractivity contribution in [3.8, 4) is 11.5 Å². The first-order chi connectivity index (χ1) is 13.7. The van der Waals surface area contributed by atoms with Crippen molar-refractivity contribution in [2.24, 2.45) is 0 Å². The number of para-hydroxylation sites is 2. The lowest BCUT2D eigenvalue weighted by Crippen LogP contribution is -2.48. The molecule has 2 aliphatic heterocycles. The number of nitrogens with zero attached hydrogens (tertiary/aromatic N) is 2. The van der Waals surface area contributed by atoms with Gasteiger partial charge in [0.1, 0.15) is 11.9 Å². The van der Waals surface area contributed by atoms with Crippen LogP contribution in [0.5, 0.6) is 11.5 Å². The number of hydrogen-bond donors (Lipinski definition) is 1. The number of hydrogen-bond acceptors (Lipinski definition) is 5. The highest BCUT2D eigenvalue weighted by Crippen LogP contribution is 2.33. The molecule has 4 rings (SSSR count). The second kappa shape index (κ2) is 8.50. The summed E-state index contributed by atoms with van der Waals surface area (Å²) in [6.07, 6.45) is 5.89. The predicted octanol–water partition coefficient (Wildman–Crippen LogP) is 3.31. The van der Waals surface area contributed by atoms with Crippen molar-refractivity contribution in [3.63, 3.8) is 0 Å². The van der Waals surface area contributed by atoms with Gasteiger partial charge in [0.15, 0.2) is 11.5 Å². The van der Waals surface area contributed by atoms with Crippen molar-refractivity contribution in [1.82, 2.24) is 10.3 Å². The second-order valence-electron chi connectivity index (χ2n) is 7.45. The highest BCUT2D eigenvalue weighted by Gasteiger charge is 2.33. The van der Waals surface area contributed by atoms with E-state index in [2.05, 4.69) is 15.2 Å². The summed E-state index contributed by atoms with van der Waals surface area (Å²) in [6.45, 7) is 4.40. The van der Waals surface area contributed by atoms with Gasteiger partial charge < -0.3 is 19.7 Å². The summed E-state index contributed by atoms with van der Waals surface area (Å²) in [7, 11) is 0. The van der Waals surface area contributed by atoms with Gasteiger partial charge in [-0.1, -0.05) is 31.0 Å². The van der Waals surface area contributed by atoms with E-state index in [4.69, 9.17) is 9.47 Å². The normalized spacial score (nSPS) is 21.7. The van der Waals surface area contributed by atoms with Crippen LogP contribution in [0, 0.1) is 0 Å². The van der Waals surface area contributed by atoms with E-state index >= 15 is 0 Å². The highest BCUT2D eigenvalue weighted by molar-refractivity contribution is 5.82. The van der Waals surface area contributed by atoms with Crippen LogP contribution in [0.3, 0.4) is 0 Å². The van der Waals surface area contributed by atoms with E-state index in [1.54, 1.807) is 0 Å². The molecule has 0 saturated carbocycles. The third kappa shape index (κ3) is 4.21. The molecule has 0 aliphatic carbocycles. The Morgan fingerprint density at radius 2 is 1.79 bits per heavy atom. The van der Waals surface area contributed by atoms with Gasteiger partial charge in [-0.25, -0.2) is 4.98 Å². The first-order valence-corrected chi connectivity index (χ1v) is 10.1. The molecule has 2 aliphatic rings. The molecule has 6 nitrogen and oxygen atoms in total. The zero-order valence-electron chi connectivity index (χ0n) is 16.3. The van der Waals surface area contributed by atoms with Crippen LogP contribution in [0.15, 0.2) is 42.6 Å². The maximum Gasteiger partial charge on any atom is 0.265 e. The summed E-state index contributed by atoms with van der Waals surface area (Å²) in [5, 5.41) is 2.94. The van der Waals surface area contributed by atoms with Crippen molar-refractivity contribution in [3.05, 3.63) is 48.2 Å². The molecule has 2 atom stereocenters. The number of pyridine rings is 1. The molecule has 0 unspecified atom stereocenters. The number of carbonyl (C=O) groups excluding carboxylic acids is 1. The number of fused-ring (bicyclic) bond motifs is 1. The molecule has 0 bridgehead atoms. The molecule has 6 heteroatoms. The first kappa shape index (κ1) is 18.6. The van der Waals surface area contributed by atoms with Crippen LogP contribution in [0.2, 0.25) is 0 Å². The fourth-order valence-electron chi connectivity index (χ4n) is 3.70. The maximum atomic E-state index is 12.6. The molecule has 1 N–H and O–H groups in total. The van der Waals surface area contributed by atoms with Gasteiger partial charge in [0, 0.05) is 25.8 Å². The molecule has 1 amide bonds. The minimum Gasteiger partial charge on any atom is -0.482 e. The Kier molecular flexibility index (Phi) is 5.65. The topological polar surface area (TPSA) is 63.7 Å². The van der Waals surface area contributed by atoms with Gasteiger partial charge in [-0.05, 0) is 43.5 Å². The Balaban J connectivity index is 1.33. The Hall–Kier alpha value is -2.76. The molecule has 3 heterocycles. The van der Waals surface area contributed by atoms with Gasteiger partial charge in [-0.3, -0.25) is 4.79 Å². The molecular weight excluding hydrogens is 354 g/mol. The largest absolute Gasteiger partial charge is 0.482 e. The van der Waals surface area contributed by atoms with E-state index in [-0.39, 0.29) is 12.0 Å². The van der Waals surface area contributed by atoms with Crippen molar-refractivity contribution in [2.45, 2.75) is 51.4 Å². The fraction of sp³-hybridized carbons (Fsp3) is 0.455. The quantitative estimate of drug-likeness (QED) is 0.880. The molecule has 148 valence electrons. The first-order valence-electron chi connectivity index (χ1n) is 10.1. The molecular formula is C22H27N3O3. The zero-order valence-corrected chi connectivity index (χ0v) is 16.3. The molecule has 1 fully saturated rings. The number of amides is 1. The van der Waals surface area contributed by atoms with Crippen LogP contribution in [0.25, 0.3) is 0 Å². The maximum absolute atomic E-state index is 12.6. The zero-order chi connectivity index (χ0) is 19.3. The van der Waals surface area contributed by atoms with Crippen molar-refractivity contribution >= 4 is 11.7 Å². The Labute approximate surface area is 165 Å². The van der Waals surface area contributed by atoms with Gasteiger partial charge in [0.25, 0.3) is 5.91 Å². The summed E-state index contributed by atoms with van der Waals surface area (Å²) in [6, 6.07) is 11.5. The summed E-state index contributed by atoms with van der Waals surface area (Å²) < 4.78 is 11.7. The lowest BCUT2D eigenvalue weighted by atomic mass is 10.1. The molecule has 28 heavy (non-hydrogen) atoms. The van der Waals surface area contributed by atoms with Crippen LogP contribution < -0.4 is 19.7 Å². The summed E-state index contributed by atoms with van der Waals surface area (Å²) in [5.41, 5.74) is 0.969. The number of nitrogens with one attached hydrogen (secondary N) is 1. The minimum absolute atomic E-state index is 0.182. The molecule has 2 aromatic rings. The number of benzene rings is 1. The molecule has 1 aromatic heterocycles. The lowest BCUT2D eigenvalue weighted by molar-refractivity contribution is -0.133. The molecule has 1 aromatic carbocycles. The van der Waals surface area contributed by atoms with E-state index in [1.807, 2.05) is 49.5 Å². The lowest BCUT2D eigenvalue weighted by Gasteiger charge is -2.31. The van der Waals surface area contributed by atoms with E-state index in [1.165, 1.54) is 25.7 Å². The van der Waals surface area contributed by atoms with Crippen LogP contribution in [0.4, 0.5) is 5.82 Å². The van der Waals surface area contributed by atoms with Crippen LogP contribution in [-0.2, 0) is 11.3 Å².